The summed E-state index contributed by atoms with van der Waals surface area (Å²) in [6.45, 7) is 6.00. The second-order valence-electron chi connectivity index (χ2n) is 8.09. The molecule has 1 atom stereocenters. The van der Waals surface area contributed by atoms with Crippen molar-refractivity contribution in [2.75, 3.05) is 5.32 Å². The fourth-order valence-electron chi connectivity index (χ4n) is 3.92. The number of sulfonamides is 1. The molecule has 6 heteroatoms. The lowest BCUT2D eigenvalue weighted by Gasteiger charge is -2.35. The lowest BCUT2D eigenvalue weighted by atomic mass is 9.95. The average molecular weight is 435 g/mol. The molecule has 1 aliphatic heterocycles. The Morgan fingerprint density at radius 2 is 1.58 bits per heavy atom. The summed E-state index contributed by atoms with van der Waals surface area (Å²) in [7, 11) is -3.85. The van der Waals surface area contributed by atoms with Gasteiger partial charge in [0.1, 0.15) is 6.04 Å². The van der Waals surface area contributed by atoms with Crippen LogP contribution in [0.15, 0.2) is 71.6 Å². The summed E-state index contributed by atoms with van der Waals surface area (Å²) in [6.07, 6.45) is 0.331. The molecule has 1 amide bonds. The first-order valence-corrected chi connectivity index (χ1v) is 11.7. The van der Waals surface area contributed by atoms with E-state index in [4.69, 9.17) is 0 Å². The molecule has 4 rings (SSSR count). The highest BCUT2D eigenvalue weighted by molar-refractivity contribution is 7.89. The predicted octanol–water partition coefficient (Wildman–Crippen LogP) is 4.37. The molecule has 0 spiro atoms. The summed E-state index contributed by atoms with van der Waals surface area (Å²) in [6, 6.07) is 19.3. The minimum atomic E-state index is -3.85. The maximum Gasteiger partial charge on any atom is 0.244 e. The summed E-state index contributed by atoms with van der Waals surface area (Å²) in [5.74, 6) is -0.320. The number of aryl methyl sites for hydroxylation is 2. The molecular weight excluding hydrogens is 408 g/mol. The number of nitrogens with one attached hydrogen (secondary N) is 1. The van der Waals surface area contributed by atoms with E-state index in [0.29, 0.717) is 12.1 Å². The normalized spacial score (nSPS) is 16.5. The third kappa shape index (κ3) is 4.13. The van der Waals surface area contributed by atoms with Gasteiger partial charge in [0, 0.05) is 12.2 Å². The molecule has 31 heavy (non-hydrogen) atoms. The van der Waals surface area contributed by atoms with Crippen molar-refractivity contribution < 1.29 is 13.2 Å². The molecule has 1 heterocycles. The number of rotatable bonds is 4. The highest BCUT2D eigenvalue weighted by Crippen LogP contribution is 2.30. The van der Waals surface area contributed by atoms with Gasteiger partial charge in [-0.25, -0.2) is 8.42 Å². The lowest BCUT2D eigenvalue weighted by Crippen LogP contribution is -2.50. The van der Waals surface area contributed by atoms with E-state index in [0.717, 1.165) is 27.8 Å². The van der Waals surface area contributed by atoms with Gasteiger partial charge in [0.2, 0.25) is 15.9 Å². The van der Waals surface area contributed by atoms with Crippen molar-refractivity contribution in [3.05, 3.63) is 94.5 Å². The van der Waals surface area contributed by atoms with Crippen LogP contribution in [0.3, 0.4) is 0 Å². The Morgan fingerprint density at radius 3 is 2.29 bits per heavy atom. The van der Waals surface area contributed by atoms with E-state index in [1.54, 1.807) is 24.3 Å². The number of carbonyl (C=O) groups is 1. The van der Waals surface area contributed by atoms with Gasteiger partial charge in [0.05, 0.1) is 4.90 Å². The van der Waals surface area contributed by atoms with Crippen molar-refractivity contribution >= 4 is 21.6 Å². The van der Waals surface area contributed by atoms with Gasteiger partial charge >= 0.3 is 0 Å². The van der Waals surface area contributed by atoms with Crippen LogP contribution in [0.25, 0.3) is 0 Å². The summed E-state index contributed by atoms with van der Waals surface area (Å²) in [5, 5.41) is 2.97. The van der Waals surface area contributed by atoms with Crippen LogP contribution in [0.4, 0.5) is 5.69 Å². The number of benzene rings is 3. The van der Waals surface area contributed by atoms with Gasteiger partial charge < -0.3 is 5.32 Å². The minimum absolute atomic E-state index is 0.164. The quantitative estimate of drug-likeness (QED) is 0.663. The molecule has 1 unspecified atom stereocenters. The highest BCUT2D eigenvalue weighted by Gasteiger charge is 2.39. The molecule has 0 fully saturated rings. The van der Waals surface area contributed by atoms with Gasteiger partial charge in [-0.15, -0.1) is 0 Å². The van der Waals surface area contributed by atoms with Crippen molar-refractivity contribution in [2.45, 2.75) is 44.7 Å². The Morgan fingerprint density at radius 1 is 0.903 bits per heavy atom. The predicted molar refractivity (Wildman–Crippen MR) is 122 cm³/mol. The molecule has 0 saturated carbocycles. The number of nitrogens with zero attached hydrogens (tertiary/aromatic N) is 1. The Bertz CT molecular complexity index is 1230. The van der Waals surface area contributed by atoms with Crippen molar-refractivity contribution in [1.82, 2.24) is 4.31 Å². The van der Waals surface area contributed by atoms with E-state index in [2.05, 4.69) is 5.32 Å². The summed E-state index contributed by atoms with van der Waals surface area (Å²) >= 11 is 0. The van der Waals surface area contributed by atoms with E-state index in [9.17, 15) is 13.2 Å². The van der Waals surface area contributed by atoms with Crippen LogP contribution in [-0.4, -0.2) is 24.7 Å². The topological polar surface area (TPSA) is 66.5 Å². The zero-order valence-electron chi connectivity index (χ0n) is 17.9. The smallest absolute Gasteiger partial charge is 0.244 e. The fraction of sp³-hybridized carbons (Fsp3) is 0.240. The van der Waals surface area contributed by atoms with Crippen molar-refractivity contribution in [2.24, 2.45) is 0 Å². The maximum absolute atomic E-state index is 13.5. The van der Waals surface area contributed by atoms with Crippen molar-refractivity contribution in [3.8, 4) is 0 Å². The third-order valence-electron chi connectivity index (χ3n) is 6.00. The van der Waals surface area contributed by atoms with E-state index < -0.39 is 16.1 Å². The number of amides is 1. The molecule has 0 radical (unpaired) electrons. The second kappa shape index (κ2) is 8.29. The standard InChI is InChI=1S/C25H26N2O3S/c1-17-11-13-22(14-12-17)31(29,30)27-16-21-9-5-4-8-20(21)15-24(27)25(28)26-23-10-6-7-18(2)19(23)3/h4-14,24H,15-16H2,1-3H3,(H,26,28). The maximum atomic E-state index is 13.5. The van der Waals surface area contributed by atoms with Gasteiger partial charge in [0.25, 0.3) is 0 Å². The molecule has 5 nitrogen and oxygen atoms in total. The van der Waals surface area contributed by atoms with Crippen LogP contribution in [0.5, 0.6) is 0 Å². The van der Waals surface area contributed by atoms with Gasteiger partial charge in [-0.2, -0.15) is 4.31 Å². The van der Waals surface area contributed by atoms with Crippen molar-refractivity contribution in [3.63, 3.8) is 0 Å². The zero-order chi connectivity index (χ0) is 22.2. The summed E-state index contributed by atoms with van der Waals surface area (Å²) in [5.41, 5.74) is 5.65. The van der Waals surface area contributed by atoms with Crippen LogP contribution in [-0.2, 0) is 27.8 Å². The van der Waals surface area contributed by atoms with Gasteiger partial charge in [-0.3, -0.25) is 4.79 Å². The first-order chi connectivity index (χ1) is 14.8. The molecule has 3 aromatic rings. The monoisotopic (exact) mass is 434 g/mol. The molecule has 1 N–H and O–H groups in total. The molecule has 160 valence electrons. The number of fused-ring (bicyclic) bond motifs is 1. The Kier molecular flexibility index (Phi) is 5.69. The number of carbonyl (C=O) groups excluding carboxylic acids is 1. The summed E-state index contributed by atoms with van der Waals surface area (Å²) in [4.78, 5) is 13.6. The zero-order valence-corrected chi connectivity index (χ0v) is 18.7. The second-order valence-corrected chi connectivity index (χ2v) is 9.98. The lowest BCUT2D eigenvalue weighted by molar-refractivity contribution is -0.120. The first kappa shape index (κ1) is 21.3. The number of hydrogen-bond donors (Lipinski definition) is 1. The van der Waals surface area contributed by atoms with E-state index in [-0.39, 0.29) is 17.3 Å². The van der Waals surface area contributed by atoms with E-state index >= 15 is 0 Å². The summed E-state index contributed by atoms with van der Waals surface area (Å²) < 4.78 is 28.4. The van der Waals surface area contributed by atoms with Crippen LogP contribution < -0.4 is 5.32 Å². The van der Waals surface area contributed by atoms with Gasteiger partial charge in [-0.1, -0.05) is 54.1 Å². The molecule has 0 bridgehead atoms. The van der Waals surface area contributed by atoms with Crippen LogP contribution in [0, 0.1) is 20.8 Å². The largest absolute Gasteiger partial charge is 0.324 e. The Labute approximate surface area is 183 Å². The molecule has 0 aliphatic carbocycles. The SMILES string of the molecule is Cc1ccc(S(=O)(=O)N2Cc3ccccc3CC2C(=O)Nc2cccc(C)c2C)cc1. The van der Waals surface area contributed by atoms with Crippen LogP contribution >= 0.6 is 0 Å². The number of hydrogen-bond acceptors (Lipinski definition) is 3. The van der Waals surface area contributed by atoms with E-state index in [1.807, 2.05) is 63.2 Å². The molecule has 0 saturated heterocycles. The Hall–Kier alpha value is -2.96. The Balaban J connectivity index is 1.73. The minimum Gasteiger partial charge on any atom is -0.324 e. The first-order valence-electron chi connectivity index (χ1n) is 10.3. The average Bonchev–Trinajstić information content (AvgIpc) is 2.76. The molecule has 0 aromatic heterocycles. The number of anilines is 1. The fourth-order valence-corrected chi connectivity index (χ4v) is 5.49. The van der Waals surface area contributed by atoms with E-state index in [1.165, 1.54) is 4.31 Å². The highest BCUT2D eigenvalue weighted by atomic mass is 32.2. The molecule has 1 aliphatic rings. The van der Waals surface area contributed by atoms with Gasteiger partial charge in [-0.05, 0) is 67.6 Å². The van der Waals surface area contributed by atoms with Crippen molar-refractivity contribution in [1.29, 1.82) is 0 Å². The van der Waals surface area contributed by atoms with Crippen LogP contribution in [0.1, 0.15) is 27.8 Å². The molecule has 3 aromatic carbocycles. The van der Waals surface area contributed by atoms with Gasteiger partial charge in [0.15, 0.2) is 0 Å². The third-order valence-corrected chi connectivity index (χ3v) is 7.87. The van der Waals surface area contributed by atoms with Crippen LogP contribution in [0.2, 0.25) is 0 Å². The molecular formula is C25H26N2O3S.